The zero-order valence-electron chi connectivity index (χ0n) is 5.33. The fourth-order valence-corrected chi connectivity index (χ4v) is 0. The van der Waals surface area contributed by atoms with Crippen molar-refractivity contribution in [2.45, 2.75) is 0 Å². The molecule has 0 unspecified atom stereocenters. The van der Waals surface area contributed by atoms with Crippen LogP contribution in [0.1, 0.15) is 2.85 Å². The van der Waals surface area contributed by atoms with Gasteiger partial charge in [0, 0.05) is 0 Å². The molecule has 0 rings (SSSR count). The number of hydrogen-bond acceptors (Lipinski definition) is 4. The standard InChI is InChI=1S/Al.FH3O4Si.Sr.5H/c;1-5-6(2,3)4;;;;;;/h;2-4H;;;;;;/q;;+2;;;;2*-1. The van der Waals surface area contributed by atoms with Crippen molar-refractivity contribution < 1.29 is 26.4 Å². The summed E-state index contributed by atoms with van der Waals surface area (Å²) in [6, 6.07) is 0. The first-order chi connectivity index (χ1) is 2.56. The van der Waals surface area contributed by atoms with E-state index in [0.717, 1.165) is 0 Å². The Bertz CT molecular complexity index is 53.0. The zero-order valence-corrected chi connectivity index (χ0v) is 7.81. The van der Waals surface area contributed by atoms with Crippen LogP contribution in [0.4, 0.5) is 4.53 Å². The molecule has 0 spiro atoms. The van der Waals surface area contributed by atoms with Gasteiger partial charge in [0.1, 0.15) is 0 Å². The topological polar surface area (TPSA) is 69.9 Å². The maximum Gasteiger partial charge on any atom is 2.00 e. The largest absolute Gasteiger partial charge is 2.00 e. The molecule has 0 amide bonds. The molecule has 8 heteroatoms. The van der Waals surface area contributed by atoms with E-state index in [9.17, 15) is 4.53 Å². The minimum Gasteiger partial charge on any atom is -1.00 e. The quantitative estimate of drug-likeness (QED) is 0.422. The van der Waals surface area contributed by atoms with E-state index in [-0.39, 0.29) is 65.7 Å². The van der Waals surface area contributed by atoms with Gasteiger partial charge in [0.2, 0.25) is 0 Å². The Kier molecular flexibility index (Phi) is 14.7. The van der Waals surface area contributed by atoms with E-state index in [0.29, 0.717) is 0 Å². The Morgan fingerprint density at radius 3 is 1.50 bits per heavy atom. The summed E-state index contributed by atoms with van der Waals surface area (Å²) in [4.78, 5) is 22.4. The molecule has 0 aromatic rings. The summed E-state index contributed by atoms with van der Waals surface area (Å²) in [5.41, 5.74) is 0. The summed E-state index contributed by atoms with van der Waals surface area (Å²) in [6.07, 6.45) is 0. The molecule has 48 valence electrons. The van der Waals surface area contributed by atoms with E-state index >= 15 is 0 Å². The van der Waals surface area contributed by atoms with Crippen molar-refractivity contribution in [1.29, 1.82) is 0 Å². The summed E-state index contributed by atoms with van der Waals surface area (Å²) < 4.78 is 12.6. The zero-order chi connectivity index (χ0) is 5.21. The molecule has 3 N–H and O–H groups in total. The van der Waals surface area contributed by atoms with Gasteiger partial charge in [0.05, 0.1) is 0 Å². The van der Waals surface area contributed by atoms with E-state index < -0.39 is 9.05 Å². The third-order valence-corrected chi connectivity index (χ3v) is 0.311. The first-order valence-corrected chi connectivity index (χ1v) is 2.78. The molecule has 0 radical (unpaired) electrons. The van der Waals surface area contributed by atoms with Crippen molar-refractivity contribution in [3.63, 3.8) is 0 Å². The maximum absolute atomic E-state index is 10.3. The van der Waals surface area contributed by atoms with Crippen LogP contribution in [0.3, 0.4) is 0 Å². The molecule has 0 fully saturated rings. The normalized spacial score (nSPS) is 9.00. The molecule has 8 heavy (non-hydrogen) atoms. The van der Waals surface area contributed by atoms with Crippen molar-refractivity contribution in [3.8, 4) is 0 Å². The van der Waals surface area contributed by atoms with Gasteiger partial charge < -0.3 is 17.2 Å². The molecule has 0 saturated heterocycles. The van der Waals surface area contributed by atoms with Gasteiger partial charge in [-0.25, -0.2) is 0 Å². The summed E-state index contributed by atoms with van der Waals surface area (Å²) in [6.45, 7) is 0. The summed E-state index contributed by atoms with van der Waals surface area (Å²) in [7, 11) is -4.80. The molecular weight excluding hydrogens is 226 g/mol. The first-order valence-electron chi connectivity index (χ1n) is 1.03. The summed E-state index contributed by atoms with van der Waals surface area (Å²) in [5.74, 6) is 0. The van der Waals surface area contributed by atoms with Crippen LogP contribution in [0.5, 0.6) is 0 Å². The van der Waals surface area contributed by atoms with Gasteiger partial charge in [-0.2, -0.15) is 4.63 Å². The average Bonchev–Trinajstić information content (AvgIpc) is 1.35. The SMILES string of the molecule is O[Si](O)(O)OF.[AlH3].[H-].[H-].[Sr+2]. The molecule has 0 aliphatic heterocycles. The molecule has 0 atom stereocenters. The van der Waals surface area contributed by atoms with Gasteiger partial charge in [0.25, 0.3) is 0 Å². The van der Waals surface area contributed by atoms with Crippen LogP contribution in [0, 0.1) is 0 Å². The van der Waals surface area contributed by atoms with E-state index in [1.54, 1.807) is 0 Å². The van der Waals surface area contributed by atoms with Crippen LogP contribution in [0.2, 0.25) is 0 Å². The summed E-state index contributed by atoms with van der Waals surface area (Å²) >= 11 is 0. The predicted octanol–water partition coefficient (Wildman–Crippen LogP) is -3.04. The fourth-order valence-electron chi connectivity index (χ4n) is 0. The van der Waals surface area contributed by atoms with E-state index in [2.05, 4.69) is 4.63 Å². The second-order valence-electron chi connectivity index (χ2n) is 0.651. The van der Waals surface area contributed by atoms with E-state index in [4.69, 9.17) is 14.4 Å². The van der Waals surface area contributed by atoms with Gasteiger partial charge >= 0.3 is 54.5 Å². The Balaban J connectivity index is -0.0000000208. The molecule has 0 aromatic carbocycles. The molecule has 0 aliphatic carbocycles. The third kappa shape index (κ3) is 15.7. The van der Waals surface area contributed by atoms with E-state index in [1.807, 2.05) is 0 Å². The number of rotatable bonds is 1. The Hall–Kier alpha value is 2.00. The minimum absolute atomic E-state index is 0. The molecule has 0 aliphatic rings. The fraction of sp³-hybridized carbons (Fsp3) is 0. The number of hydrogen-bond donors (Lipinski definition) is 3. The van der Waals surface area contributed by atoms with Crippen LogP contribution >= 0.6 is 0 Å². The van der Waals surface area contributed by atoms with Crippen LogP contribution in [-0.2, 0) is 4.63 Å². The number of halogens is 1. The molecule has 0 saturated carbocycles. The van der Waals surface area contributed by atoms with Gasteiger partial charge in [-0.15, -0.1) is 0 Å². The van der Waals surface area contributed by atoms with Crippen LogP contribution in [0.15, 0.2) is 0 Å². The Morgan fingerprint density at radius 2 is 1.50 bits per heavy atom. The van der Waals surface area contributed by atoms with Gasteiger partial charge in [-0.3, -0.25) is 0 Å². The molecular formula is H8AlFO4SiSr. The van der Waals surface area contributed by atoms with Gasteiger partial charge in [0.15, 0.2) is 17.4 Å². The van der Waals surface area contributed by atoms with Crippen molar-refractivity contribution >= 4 is 71.9 Å². The monoisotopic (exact) mass is 234 g/mol. The van der Waals surface area contributed by atoms with Crippen molar-refractivity contribution in [3.05, 3.63) is 0 Å². The Morgan fingerprint density at radius 1 is 1.38 bits per heavy atom. The van der Waals surface area contributed by atoms with Crippen molar-refractivity contribution in [2.75, 3.05) is 0 Å². The van der Waals surface area contributed by atoms with Crippen LogP contribution < -0.4 is 0 Å². The van der Waals surface area contributed by atoms with Crippen molar-refractivity contribution in [1.82, 2.24) is 0 Å². The van der Waals surface area contributed by atoms with Gasteiger partial charge in [-0.1, -0.05) is 4.53 Å². The first kappa shape index (κ1) is 16.5. The third-order valence-electron chi connectivity index (χ3n) is 0.104. The summed E-state index contributed by atoms with van der Waals surface area (Å²) in [5, 5.41) is 0. The van der Waals surface area contributed by atoms with E-state index in [1.165, 1.54) is 0 Å². The Labute approximate surface area is 97.0 Å². The van der Waals surface area contributed by atoms with Crippen LogP contribution in [0.25, 0.3) is 0 Å². The predicted molar refractivity (Wildman–Crippen MR) is 32.5 cm³/mol. The molecule has 0 bridgehead atoms. The average molecular weight is 234 g/mol. The van der Waals surface area contributed by atoms with Crippen molar-refractivity contribution in [2.24, 2.45) is 0 Å². The van der Waals surface area contributed by atoms with Gasteiger partial charge in [-0.05, 0) is 0 Å². The van der Waals surface area contributed by atoms with Crippen LogP contribution in [-0.4, -0.2) is 86.3 Å². The minimum atomic E-state index is -4.80. The molecule has 0 aromatic heterocycles. The molecule has 4 nitrogen and oxygen atoms in total. The smallest absolute Gasteiger partial charge is 1.00 e. The second kappa shape index (κ2) is 7.11. The second-order valence-corrected chi connectivity index (χ2v) is 1.95. The molecule has 0 heterocycles. The maximum atomic E-state index is 10.3.